The average molecular weight is 386 g/mol. The summed E-state index contributed by atoms with van der Waals surface area (Å²) in [5.74, 6) is 6.57. The lowest BCUT2D eigenvalue weighted by atomic mass is 9.88. The Balaban J connectivity index is 1.68. The number of fused-ring (bicyclic) bond motifs is 3. The number of ketones is 1. The summed E-state index contributed by atoms with van der Waals surface area (Å²) in [6, 6.07) is 9.10. The van der Waals surface area contributed by atoms with Crippen LogP contribution in [0.5, 0.6) is 0 Å². The Morgan fingerprint density at radius 2 is 2.15 bits per heavy atom. The molecule has 0 aliphatic heterocycles. The number of thiophene rings is 1. The zero-order valence-corrected chi connectivity index (χ0v) is 16.0. The number of Topliss-reactive ketones (excluding diaryl/α,β-unsaturated/α-hetero) is 1. The molecule has 2 heterocycles. The van der Waals surface area contributed by atoms with Crippen LogP contribution in [0, 0.1) is 0 Å². The van der Waals surface area contributed by atoms with E-state index in [2.05, 4.69) is 11.9 Å². The van der Waals surface area contributed by atoms with E-state index in [1.165, 1.54) is 16.6 Å². The van der Waals surface area contributed by atoms with Gasteiger partial charge in [-0.2, -0.15) is 0 Å². The van der Waals surface area contributed by atoms with Crippen molar-refractivity contribution in [3.63, 3.8) is 0 Å². The number of benzene rings is 1. The fraction of sp³-hybridized carbons (Fsp3) is 0.316. The minimum Gasteiger partial charge on any atom is -0.334 e. The average Bonchev–Trinajstić information content (AvgIpc) is 3.03. The number of rotatable bonds is 4. The van der Waals surface area contributed by atoms with Crippen LogP contribution in [-0.2, 0) is 6.42 Å². The Hall–Kier alpha value is -2.12. The Morgan fingerprint density at radius 3 is 2.92 bits per heavy atom. The van der Waals surface area contributed by atoms with E-state index in [0.717, 1.165) is 34.3 Å². The van der Waals surface area contributed by atoms with Crippen LogP contribution in [0.4, 0.5) is 0 Å². The summed E-state index contributed by atoms with van der Waals surface area (Å²) in [4.78, 5) is 31.8. The molecule has 134 valence electrons. The maximum absolute atomic E-state index is 12.8. The largest absolute Gasteiger partial charge is 0.334 e. The number of aryl methyl sites for hydroxylation is 1. The van der Waals surface area contributed by atoms with Gasteiger partial charge in [-0.05, 0) is 30.7 Å². The number of nitrogen functional groups attached to an aromatic ring is 1. The second-order valence-corrected chi connectivity index (χ2v) is 8.59. The van der Waals surface area contributed by atoms with Crippen molar-refractivity contribution in [2.75, 3.05) is 11.6 Å². The molecule has 4 rings (SSSR count). The molecule has 0 radical (unpaired) electrons. The zero-order chi connectivity index (χ0) is 18.3. The first-order valence-corrected chi connectivity index (χ1v) is 10.4. The van der Waals surface area contributed by atoms with Gasteiger partial charge in [0.2, 0.25) is 0 Å². The first-order chi connectivity index (χ1) is 12.6. The Labute approximate surface area is 159 Å². The van der Waals surface area contributed by atoms with Gasteiger partial charge in [0.15, 0.2) is 10.9 Å². The van der Waals surface area contributed by atoms with E-state index in [-0.39, 0.29) is 17.1 Å². The van der Waals surface area contributed by atoms with Gasteiger partial charge in [0.25, 0.3) is 5.56 Å². The molecule has 1 atom stereocenters. The lowest BCUT2D eigenvalue weighted by molar-refractivity contribution is 0.102. The Morgan fingerprint density at radius 1 is 1.38 bits per heavy atom. The molecular weight excluding hydrogens is 366 g/mol. The molecule has 1 aliphatic rings. The van der Waals surface area contributed by atoms with Crippen LogP contribution < -0.4 is 11.4 Å². The van der Waals surface area contributed by atoms with Crippen LogP contribution in [0.15, 0.2) is 40.3 Å². The molecule has 3 aromatic rings. The Kier molecular flexibility index (Phi) is 4.58. The van der Waals surface area contributed by atoms with Crippen molar-refractivity contribution in [1.82, 2.24) is 9.66 Å². The third-order valence-electron chi connectivity index (χ3n) is 4.80. The van der Waals surface area contributed by atoms with Gasteiger partial charge in [-0.1, -0.05) is 49.0 Å². The van der Waals surface area contributed by atoms with Gasteiger partial charge in [-0.15, -0.1) is 11.3 Å². The van der Waals surface area contributed by atoms with Gasteiger partial charge >= 0.3 is 0 Å². The number of nitrogens with zero attached hydrogens (tertiary/aromatic N) is 2. The number of hydrogen-bond donors (Lipinski definition) is 1. The molecule has 0 saturated carbocycles. The SMILES string of the molecule is CC1CCCc2sc3nc(SCC(=O)c4ccccc4)n(N)c(=O)c3c21. The van der Waals surface area contributed by atoms with Crippen LogP contribution in [0.25, 0.3) is 10.2 Å². The number of carbonyl (C=O) groups excluding carboxylic acids is 1. The van der Waals surface area contributed by atoms with Crippen LogP contribution >= 0.6 is 23.1 Å². The Bertz CT molecular complexity index is 1040. The van der Waals surface area contributed by atoms with Crippen LogP contribution in [-0.4, -0.2) is 21.2 Å². The summed E-state index contributed by atoms with van der Waals surface area (Å²) >= 11 is 2.80. The normalized spacial score (nSPS) is 16.6. The summed E-state index contributed by atoms with van der Waals surface area (Å²) in [5.41, 5.74) is 1.56. The highest BCUT2D eigenvalue weighted by Gasteiger charge is 2.26. The van der Waals surface area contributed by atoms with Gasteiger partial charge in [-0.25, -0.2) is 9.66 Å². The summed E-state index contributed by atoms with van der Waals surface area (Å²) in [6.45, 7) is 2.16. The first-order valence-electron chi connectivity index (χ1n) is 8.60. The second kappa shape index (κ2) is 6.89. The molecule has 0 bridgehead atoms. The summed E-state index contributed by atoms with van der Waals surface area (Å²) in [7, 11) is 0. The highest BCUT2D eigenvalue weighted by molar-refractivity contribution is 7.99. The van der Waals surface area contributed by atoms with Gasteiger partial charge in [0.1, 0.15) is 4.83 Å². The number of hydrogen-bond acceptors (Lipinski definition) is 6. The highest BCUT2D eigenvalue weighted by atomic mass is 32.2. The molecule has 1 unspecified atom stereocenters. The number of thioether (sulfide) groups is 1. The van der Waals surface area contributed by atoms with Crippen LogP contribution in [0.2, 0.25) is 0 Å². The molecule has 0 amide bonds. The maximum Gasteiger partial charge on any atom is 0.281 e. The fourth-order valence-corrected chi connectivity index (χ4v) is 5.66. The number of aromatic nitrogens is 2. The molecule has 26 heavy (non-hydrogen) atoms. The molecule has 2 N–H and O–H groups in total. The zero-order valence-electron chi connectivity index (χ0n) is 14.4. The van der Waals surface area contributed by atoms with E-state index >= 15 is 0 Å². The van der Waals surface area contributed by atoms with Crippen molar-refractivity contribution < 1.29 is 4.79 Å². The van der Waals surface area contributed by atoms with Gasteiger partial charge in [-0.3, -0.25) is 9.59 Å². The van der Waals surface area contributed by atoms with Crippen molar-refractivity contribution in [3.05, 3.63) is 56.7 Å². The van der Waals surface area contributed by atoms with E-state index < -0.39 is 0 Å². The van der Waals surface area contributed by atoms with E-state index in [4.69, 9.17) is 5.84 Å². The topological polar surface area (TPSA) is 78.0 Å². The highest BCUT2D eigenvalue weighted by Crippen LogP contribution is 2.40. The molecule has 1 aromatic carbocycles. The minimum absolute atomic E-state index is 0.0101. The fourth-order valence-electron chi connectivity index (χ4n) is 3.47. The van der Waals surface area contributed by atoms with Crippen molar-refractivity contribution in [3.8, 4) is 0 Å². The second-order valence-electron chi connectivity index (χ2n) is 6.56. The van der Waals surface area contributed by atoms with Crippen LogP contribution in [0.1, 0.15) is 46.5 Å². The molecule has 5 nitrogen and oxygen atoms in total. The molecule has 7 heteroatoms. The maximum atomic E-state index is 12.8. The van der Waals surface area contributed by atoms with E-state index in [1.54, 1.807) is 23.5 Å². The predicted octanol–water partition coefficient (Wildman–Crippen LogP) is 3.59. The smallest absolute Gasteiger partial charge is 0.281 e. The van der Waals surface area contributed by atoms with Crippen LogP contribution in [0.3, 0.4) is 0 Å². The monoisotopic (exact) mass is 385 g/mol. The van der Waals surface area contributed by atoms with Gasteiger partial charge in [0.05, 0.1) is 11.1 Å². The van der Waals surface area contributed by atoms with E-state index in [1.807, 2.05) is 18.2 Å². The predicted molar refractivity (Wildman–Crippen MR) is 107 cm³/mol. The van der Waals surface area contributed by atoms with E-state index in [0.29, 0.717) is 22.0 Å². The molecule has 0 fully saturated rings. The first kappa shape index (κ1) is 17.3. The number of nitrogens with two attached hydrogens (primary N) is 1. The van der Waals surface area contributed by atoms with Crippen molar-refractivity contribution in [2.45, 2.75) is 37.3 Å². The third-order valence-corrected chi connectivity index (χ3v) is 6.91. The molecule has 1 aliphatic carbocycles. The lowest BCUT2D eigenvalue weighted by Gasteiger charge is -2.18. The van der Waals surface area contributed by atoms with Crippen molar-refractivity contribution in [2.24, 2.45) is 0 Å². The summed E-state index contributed by atoms with van der Waals surface area (Å²) in [6.07, 6.45) is 3.23. The molecular formula is C19H19N3O2S2. The van der Waals surface area contributed by atoms with E-state index in [9.17, 15) is 9.59 Å². The molecule has 0 saturated heterocycles. The summed E-state index contributed by atoms with van der Waals surface area (Å²) < 4.78 is 1.10. The van der Waals surface area contributed by atoms with Gasteiger partial charge in [0, 0.05) is 10.4 Å². The number of carbonyl (C=O) groups is 1. The summed E-state index contributed by atoms with van der Waals surface area (Å²) in [5, 5.41) is 1.05. The third kappa shape index (κ3) is 2.95. The molecule has 2 aromatic heterocycles. The quantitative estimate of drug-likeness (QED) is 0.321. The minimum atomic E-state index is -0.212. The standard InChI is InChI=1S/C19H19N3O2S2/c1-11-6-5-9-14-15(11)16-17(26-14)21-19(22(20)18(16)24)25-10-13(23)12-7-3-2-4-8-12/h2-4,7-8,11H,5-6,9-10,20H2,1H3. The lowest BCUT2D eigenvalue weighted by Crippen LogP contribution is -2.30. The van der Waals surface area contributed by atoms with Gasteiger partial charge < -0.3 is 5.84 Å². The van der Waals surface area contributed by atoms with Crippen molar-refractivity contribution >= 4 is 39.1 Å². The van der Waals surface area contributed by atoms with Crippen molar-refractivity contribution in [1.29, 1.82) is 0 Å². The molecule has 0 spiro atoms.